The zero-order valence-corrected chi connectivity index (χ0v) is 18.8. The lowest BCUT2D eigenvalue weighted by Gasteiger charge is -2.20. The second kappa shape index (κ2) is 10.9. The number of methoxy groups -OCH3 is 1. The Labute approximate surface area is 175 Å². The van der Waals surface area contributed by atoms with Crippen LogP contribution in [0.25, 0.3) is 11.3 Å². The van der Waals surface area contributed by atoms with E-state index in [1.165, 1.54) is 0 Å². The van der Waals surface area contributed by atoms with Crippen molar-refractivity contribution < 1.29 is 14.2 Å². The van der Waals surface area contributed by atoms with E-state index in [1.807, 2.05) is 46.0 Å². The van der Waals surface area contributed by atoms with Crippen molar-refractivity contribution in [1.82, 2.24) is 9.97 Å². The fourth-order valence-electron chi connectivity index (χ4n) is 3.28. The molecule has 1 aromatic carbocycles. The van der Waals surface area contributed by atoms with Gasteiger partial charge < -0.3 is 19.5 Å². The van der Waals surface area contributed by atoms with Crippen molar-refractivity contribution in [2.24, 2.45) is 0 Å². The fourth-order valence-corrected chi connectivity index (χ4v) is 3.28. The lowest BCUT2D eigenvalue weighted by molar-refractivity contribution is 0.171. The van der Waals surface area contributed by atoms with Crippen LogP contribution in [0, 0.1) is 6.92 Å². The van der Waals surface area contributed by atoms with Gasteiger partial charge in [0, 0.05) is 18.7 Å². The second-order valence-corrected chi connectivity index (χ2v) is 7.41. The van der Waals surface area contributed by atoms with E-state index in [9.17, 15) is 0 Å². The zero-order valence-electron chi connectivity index (χ0n) is 18.8. The molecular weight excluding hydrogens is 366 g/mol. The summed E-state index contributed by atoms with van der Waals surface area (Å²) in [5, 5.41) is 3.13. The molecule has 1 aromatic heterocycles. The Kier molecular flexibility index (Phi) is 8.55. The highest BCUT2D eigenvalue weighted by Crippen LogP contribution is 2.36. The van der Waals surface area contributed by atoms with Gasteiger partial charge in [0.1, 0.15) is 17.6 Å². The van der Waals surface area contributed by atoms with E-state index >= 15 is 0 Å². The molecule has 2 rings (SSSR count). The van der Waals surface area contributed by atoms with Gasteiger partial charge in [0.15, 0.2) is 5.82 Å². The molecule has 6 heteroatoms. The van der Waals surface area contributed by atoms with Gasteiger partial charge in [0.25, 0.3) is 5.88 Å². The average molecular weight is 402 g/mol. The van der Waals surface area contributed by atoms with Gasteiger partial charge in [0.05, 0.1) is 24.6 Å². The smallest absolute Gasteiger partial charge is 0.257 e. The number of benzene rings is 1. The van der Waals surface area contributed by atoms with Gasteiger partial charge >= 0.3 is 0 Å². The highest BCUT2D eigenvalue weighted by atomic mass is 16.5. The van der Waals surface area contributed by atoms with Crippen LogP contribution < -0.4 is 19.5 Å². The molecule has 1 heterocycles. The molecule has 0 bridgehead atoms. The molecule has 0 atom stereocenters. The Bertz CT molecular complexity index is 787. The van der Waals surface area contributed by atoms with Gasteiger partial charge in [0.2, 0.25) is 0 Å². The molecule has 160 valence electrons. The first-order valence-electron chi connectivity index (χ1n) is 10.5. The van der Waals surface area contributed by atoms with Gasteiger partial charge in [-0.3, -0.25) is 0 Å². The number of ether oxygens (including phenoxy) is 3. The van der Waals surface area contributed by atoms with E-state index in [-0.39, 0.29) is 12.2 Å². The summed E-state index contributed by atoms with van der Waals surface area (Å²) in [4.78, 5) is 9.55. The minimum Gasteiger partial charge on any atom is -0.496 e. The van der Waals surface area contributed by atoms with Crippen molar-refractivity contribution >= 4 is 5.82 Å². The van der Waals surface area contributed by atoms with Gasteiger partial charge in [-0.05, 0) is 45.7 Å². The highest BCUT2D eigenvalue weighted by molar-refractivity contribution is 5.72. The minimum absolute atomic E-state index is 0.0959. The quantitative estimate of drug-likeness (QED) is 0.526. The van der Waals surface area contributed by atoms with Crippen molar-refractivity contribution in [3.8, 4) is 28.6 Å². The van der Waals surface area contributed by atoms with Crippen LogP contribution in [-0.4, -0.2) is 36.3 Å². The van der Waals surface area contributed by atoms with E-state index in [4.69, 9.17) is 24.2 Å². The summed E-state index contributed by atoms with van der Waals surface area (Å²) in [7, 11) is 3.48. The Morgan fingerprint density at radius 1 is 1.03 bits per heavy atom. The molecule has 0 saturated carbocycles. The standard InChI is InChI=1S/C23H35N3O3/c1-8-10-17(11-9-2)29-23-22(24-6)26-21(16(5)25-23)19-13-12-18(28-15(3)4)14-20(19)27-7/h12-15,17H,8-11H2,1-7H3,(H,24,26). The van der Waals surface area contributed by atoms with Crippen LogP contribution in [0.4, 0.5) is 5.82 Å². The molecule has 6 nitrogen and oxygen atoms in total. The number of rotatable bonds is 11. The summed E-state index contributed by atoms with van der Waals surface area (Å²) >= 11 is 0. The maximum atomic E-state index is 6.22. The molecule has 0 aliphatic heterocycles. The zero-order chi connectivity index (χ0) is 21.4. The van der Waals surface area contributed by atoms with E-state index in [1.54, 1.807) is 7.11 Å². The summed E-state index contributed by atoms with van der Waals surface area (Å²) in [6.45, 7) is 10.3. The van der Waals surface area contributed by atoms with Gasteiger partial charge in [-0.1, -0.05) is 26.7 Å². The molecule has 0 spiro atoms. The van der Waals surface area contributed by atoms with Crippen LogP contribution >= 0.6 is 0 Å². The molecule has 0 aliphatic rings. The Morgan fingerprint density at radius 2 is 1.72 bits per heavy atom. The molecule has 1 N–H and O–H groups in total. The van der Waals surface area contributed by atoms with Crippen LogP contribution in [0.5, 0.6) is 17.4 Å². The van der Waals surface area contributed by atoms with Crippen LogP contribution in [-0.2, 0) is 0 Å². The topological polar surface area (TPSA) is 65.5 Å². The first kappa shape index (κ1) is 22.8. The summed E-state index contributed by atoms with van der Waals surface area (Å²) < 4.78 is 17.6. The normalized spacial score (nSPS) is 11.1. The van der Waals surface area contributed by atoms with Crippen LogP contribution in [0.2, 0.25) is 0 Å². The number of aryl methyl sites for hydroxylation is 1. The van der Waals surface area contributed by atoms with E-state index in [0.717, 1.165) is 48.4 Å². The summed E-state index contributed by atoms with van der Waals surface area (Å²) in [6.07, 6.45) is 4.41. The molecule has 0 unspecified atom stereocenters. The molecule has 2 aromatic rings. The summed E-state index contributed by atoms with van der Waals surface area (Å²) in [5.74, 6) is 2.65. The number of aromatic nitrogens is 2. The summed E-state index contributed by atoms with van der Waals surface area (Å²) in [5.41, 5.74) is 2.43. The minimum atomic E-state index is 0.0959. The largest absolute Gasteiger partial charge is 0.496 e. The molecule has 0 fully saturated rings. The SMILES string of the molecule is CCCC(CCC)Oc1nc(C)c(-c2ccc(OC(C)C)cc2OC)nc1NC. The monoisotopic (exact) mass is 401 g/mol. The highest BCUT2D eigenvalue weighted by Gasteiger charge is 2.19. The number of hydrogen-bond acceptors (Lipinski definition) is 6. The van der Waals surface area contributed by atoms with Crippen LogP contribution in [0.15, 0.2) is 18.2 Å². The molecule has 0 amide bonds. The van der Waals surface area contributed by atoms with Crippen LogP contribution in [0.1, 0.15) is 59.1 Å². The number of anilines is 1. The van der Waals surface area contributed by atoms with Crippen molar-refractivity contribution in [2.75, 3.05) is 19.5 Å². The number of hydrogen-bond donors (Lipinski definition) is 1. The number of nitrogens with zero attached hydrogens (tertiary/aromatic N) is 2. The fraction of sp³-hybridized carbons (Fsp3) is 0.565. The maximum absolute atomic E-state index is 6.22. The van der Waals surface area contributed by atoms with Crippen molar-refractivity contribution in [1.29, 1.82) is 0 Å². The van der Waals surface area contributed by atoms with Crippen LogP contribution in [0.3, 0.4) is 0 Å². The molecule has 0 aliphatic carbocycles. The lowest BCUT2D eigenvalue weighted by atomic mass is 10.1. The predicted molar refractivity (Wildman–Crippen MR) is 118 cm³/mol. The predicted octanol–water partition coefficient (Wildman–Crippen LogP) is 5.64. The van der Waals surface area contributed by atoms with E-state index < -0.39 is 0 Å². The van der Waals surface area contributed by atoms with Gasteiger partial charge in [-0.2, -0.15) is 0 Å². The lowest BCUT2D eigenvalue weighted by Crippen LogP contribution is -2.18. The van der Waals surface area contributed by atoms with E-state index in [2.05, 4.69) is 19.2 Å². The first-order chi connectivity index (χ1) is 13.9. The molecule has 29 heavy (non-hydrogen) atoms. The van der Waals surface area contributed by atoms with Crippen molar-refractivity contribution in [3.63, 3.8) is 0 Å². The first-order valence-corrected chi connectivity index (χ1v) is 10.5. The third kappa shape index (κ3) is 5.99. The third-order valence-corrected chi connectivity index (χ3v) is 4.57. The third-order valence-electron chi connectivity index (χ3n) is 4.57. The van der Waals surface area contributed by atoms with E-state index in [0.29, 0.717) is 17.4 Å². The summed E-state index contributed by atoms with van der Waals surface area (Å²) in [6, 6.07) is 5.78. The molecule has 0 radical (unpaired) electrons. The molecule has 0 saturated heterocycles. The van der Waals surface area contributed by atoms with Gasteiger partial charge in [-0.15, -0.1) is 0 Å². The Morgan fingerprint density at radius 3 is 2.28 bits per heavy atom. The molecular formula is C23H35N3O3. The average Bonchev–Trinajstić information content (AvgIpc) is 2.68. The Hall–Kier alpha value is -2.50. The van der Waals surface area contributed by atoms with Crippen molar-refractivity contribution in [3.05, 3.63) is 23.9 Å². The van der Waals surface area contributed by atoms with Gasteiger partial charge in [-0.25, -0.2) is 9.97 Å². The Balaban J connectivity index is 2.42. The maximum Gasteiger partial charge on any atom is 0.257 e. The van der Waals surface area contributed by atoms with Crippen molar-refractivity contribution in [2.45, 2.75) is 72.5 Å². The second-order valence-electron chi connectivity index (χ2n) is 7.41. The number of nitrogens with one attached hydrogen (secondary N) is 1.